The van der Waals surface area contributed by atoms with Crippen LogP contribution in [-0.4, -0.2) is 28.0 Å². The van der Waals surface area contributed by atoms with Crippen molar-refractivity contribution in [2.24, 2.45) is 0 Å². The molecule has 3 aromatic rings. The van der Waals surface area contributed by atoms with E-state index >= 15 is 0 Å². The van der Waals surface area contributed by atoms with Gasteiger partial charge in [0.2, 0.25) is 0 Å². The molecule has 0 aliphatic carbocycles. The maximum Gasteiger partial charge on any atom is 0.180 e. The normalized spacial score (nSPS) is 12.5. The monoisotopic (exact) mass is 284 g/mol. The Hall–Kier alpha value is -2.01. The number of hydrogen-bond acceptors (Lipinski definition) is 5. The summed E-state index contributed by atoms with van der Waals surface area (Å²) in [5.41, 5.74) is 2.89. The van der Waals surface area contributed by atoms with E-state index in [4.69, 9.17) is 0 Å². The van der Waals surface area contributed by atoms with Gasteiger partial charge in [0, 0.05) is 25.5 Å². The van der Waals surface area contributed by atoms with Gasteiger partial charge in [-0.3, -0.25) is 4.98 Å². The fourth-order valence-electron chi connectivity index (χ4n) is 2.15. The largest absolute Gasteiger partial charge is 0.357 e. The standard InChI is InChI=1S/C15H16N4S/c1-11(9-12-5-8-20-10-12)19(2)14-4-3-13-15(18-14)17-7-6-16-13/h3-8,10-11H,9H2,1-2H3. The predicted molar refractivity (Wildman–Crippen MR) is 83.2 cm³/mol. The first-order valence-corrected chi connectivity index (χ1v) is 7.50. The van der Waals surface area contributed by atoms with Gasteiger partial charge in [-0.25, -0.2) is 9.97 Å². The molecule has 1 unspecified atom stereocenters. The molecule has 0 amide bonds. The molecule has 0 radical (unpaired) electrons. The van der Waals surface area contributed by atoms with Gasteiger partial charge in [-0.05, 0) is 47.9 Å². The Labute approximate surface area is 122 Å². The van der Waals surface area contributed by atoms with Gasteiger partial charge in [0.1, 0.15) is 11.3 Å². The zero-order valence-corrected chi connectivity index (χ0v) is 12.3. The van der Waals surface area contributed by atoms with Crippen LogP contribution in [0.3, 0.4) is 0 Å². The van der Waals surface area contributed by atoms with Gasteiger partial charge in [-0.2, -0.15) is 11.3 Å². The van der Waals surface area contributed by atoms with Gasteiger partial charge in [0.25, 0.3) is 0 Å². The fraction of sp³-hybridized carbons (Fsp3) is 0.267. The smallest absolute Gasteiger partial charge is 0.180 e. The van der Waals surface area contributed by atoms with Crippen molar-refractivity contribution < 1.29 is 0 Å². The average molecular weight is 284 g/mol. The van der Waals surface area contributed by atoms with Crippen molar-refractivity contribution in [3.63, 3.8) is 0 Å². The first kappa shape index (κ1) is 13.0. The molecule has 0 aromatic carbocycles. The molecule has 0 fully saturated rings. The first-order valence-electron chi connectivity index (χ1n) is 6.56. The van der Waals surface area contributed by atoms with Gasteiger partial charge < -0.3 is 4.90 Å². The summed E-state index contributed by atoms with van der Waals surface area (Å²) in [7, 11) is 2.07. The van der Waals surface area contributed by atoms with Crippen LogP contribution in [-0.2, 0) is 6.42 Å². The van der Waals surface area contributed by atoms with Crippen LogP contribution < -0.4 is 4.90 Å². The van der Waals surface area contributed by atoms with Crippen molar-refractivity contribution in [2.75, 3.05) is 11.9 Å². The van der Waals surface area contributed by atoms with Crippen LogP contribution in [0.2, 0.25) is 0 Å². The number of anilines is 1. The summed E-state index contributed by atoms with van der Waals surface area (Å²) >= 11 is 1.74. The lowest BCUT2D eigenvalue weighted by Crippen LogP contribution is -2.31. The molecular formula is C15H16N4S. The summed E-state index contributed by atoms with van der Waals surface area (Å²) < 4.78 is 0. The summed E-state index contributed by atoms with van der Waals surface area (Å²) in [5, 5.41) is 4.32. The first-order chi connectivity index (χ1) is 9.74. The highest BCUT2D eigenvalue weighted by Gasteiger charge is 2.13. The van der Waals surface area contributed by atoms with E-state index in [0.717, 1.165) is 17.8 Å². The van der Waals surface area contributed by atoms with Crippen LogP contribution >= 0.6 is 11.3 Å². The van der Waals surface area contributed by atoms with Crippen LogP contribution in [0.4, 0.5) is 5.82 Å². The molecule has 102 valence electrons. The lowest BCUT2D eigenvalue weighted by molar-refractivity contribution is 0.676. The van der Waals surface area contributed by atoms with Crippen molar-refractivity contribution >= 4 is 28.3 Å². The Kier molecular flexibility index (Phi) is 3.60. The van der Waals surface area contributed by atoms with Gasteiger partial charge in [0.15, 0.2) is 5.65 Å². The highest BCUT2D eigenvalue weighted by molar-refractivity contribution is 7.07. The molecule has 4 nitrogen and oxygen atoms in total. The average Bonchev–Trinajstić information content (AvgIpc) is 2.99. The van der Waals surface area contributed by atoms with E-state index in [0.29, 0.717) is 11.7 Å². The molecule has 0 N–H and O–H groups in total. The summed E-state index contributed by atoms with van der Waals surface area (Å²) in [4.78, 5) is 15.3. The van der Waals surface area contributed by atoms with E-state index in [1.165, 1.54) is 5.56 Å². The van der Waals surface area contributed by atoms with Crippen molar-refractivity contribution in [2.45, 2.75) is 19.4 Å². The number of fused-ring (bicyclic) bond motifs is 1. The number of likely N-dealkylation sites (N-methyl/N-ethyl adjacent to an activating group) is 1. The molecule has 0 aliphatic heterocycles. The second-order valence-electron chi connectivity index (χ2n) is 4.86. The molecule has 20 heavy (non-hydrogen) atoms. The third-order valence-electron chi connectivity index (χ3n) is 3.45. The molecule has 3 aromatic heterocycles. The van der Waals surface area contributed by atoms with E-state index < -0.39 is 0 Å². The van der Waals surface area contributed by atoms with E-state index in [1.807, 2.05) is 12.1 Å². The summed E-state index contributed by atoms with van der Waals surface area (Å²) in [6.45, 7) is 2.21. The number of rotatable bonds is 4. The van der Waals surface area contributed by atoms with Crippen LogP contribution in [0.25, 0.3) is 11.2 Å². The van der Waals surface area contributed by atoms with Crippen molar-refractivity contribution in [3.8, 4) is 0 Å². The molecule has 0 aliphatic rings. The molecule has 0 saturated heterocycles. The zero-order chi connectivity index (χ0) is 13.9. The Morgan fingerprint density at radius 1 is 1.20 bits per heavy atom. The van der Waals surface area contributed by atoms with Gasteiger partial charge in [-0.15, -0.1) is 0 Å². The minimum absolute atomic E-state index is 0.381. The lowest BCUT2D eigenvalue weighted by atomic mass is 10.1. The van der Waals surface area contributed by atoms with Gasteiger partial charge in [-0.1, -0.05) is 0 Å². The minimum atomic E-state index is 0.381. The quantitative estimate of drug-likeness (QED) is 0.738. The molecule has 3 rings (SSSR count). The third kappa shape index (κ3) is 2.63. The molecule has 3 heterocycles. The van der Waals surface area contributed by atoms with Crippen LogP contribution in [0.5, 0.6) is 0 Å². The van der Waals surface area contributed by atoms with E-state index in [-0.39, 0.29) is 0 Å². The number of thiophene rings is 1. The van der Waals surface area contributed by atoms with E-state index in [1.54, 1.807) is 23.7 Å². The van der Waals surface area contributed by atoms with E-state index in [2.05, 4.69) is 50.6 Å². The second kappa shape index (κ2) is 5.54. The van der Waals surface area contributed by atoms with Gasteiger partial charge in [0.05, 0.1) is 0 Å². The SMILES string of the molecule is CC(Cc1ccsc1)N(C)c1ccc2nccnc2n1. The van der Waals surface area contributed by atoms with Crippen molar-refractivity contribution in [1.82, 2.24) is 15.0 Å². The second-order valence-corrected chi connectivity index (χ2v) is 5.64. The Bertz CT molecular complexity index is 696. The van der Waals surface area contributed by atoms with Crippen LogP contribution in [0.1, 0.15) is 12.5 Å². The third-order valence-corrected chi connectivity index (χ3v) is 4.18. The number of nitrogens with zero attached hydrogens (tertiary/aromatic N) is 4. The van der Waals surface area contributed by atoms with Crippen LogP contribution in [0, 0.1) is 0 Å². The molecule has 0 bridgehead atoms. The Balaban J connectivity index is 1.82. The molecule has 5 heteroatoms. The summed E-state index contributed by atoms with van der Waals surface area (Å²) in [5.74, 6) is 0.931. The molecule has 1 atom stereocenters. The molecule has 0 saturated carbocycles. The Morgan fingerprint density at radius 2 is 2.05 bits per heavy atom. The van der Waals surface area contributed by atoms with Crippen molar-refractivity contribution in [1.29, 1.82) is 0 Å². The minimum Gasteiger partial charge on any atom is -0.357 e. The molecular weight excluding hydrogens is 268 g/mol. The zero-order valence-electron chi connectivity index (χ0n) is 11.5. The summed E-state index contributed by atoms with van der Waals surface area (Å²) in [6.07, 6.45) is 4.38. The van der Waals surface area contributed by atoms with E-state index in [9.17, 15) is 0 Å². The Morgan fingerprint density at radius 3 is 2.85 bits per heavy atom. The highest BCUT2D eigenvalue weighted by atomic mass is 32.1. The van der Waals surface area contributed by atoms with Crippen LogP contribution in [0.15, 0.2) is 41.4 Å². The number of pyridine rings is 1. The molecule has 0 spiro atoms. The maximum absolute atomic E-state index is 4.58. The summed E-state index contributed by atoms with van der Waals surface area (Å²) in [6, 6.07) is 6.53. The number of hydrogen-bond donors (Lipinski definition) is 0. The topological polar surface area (TPSA) is 41.9 Å². The highest BCUT2D eigenvalue weighted by Crippen LogP contribution is 2.18. The fourth-order valence-corrected chi connectivity index (χ4v) is 2.83. The number of aromatic nitrogens is 3. The van der Waals surface area contributed by atoms with Gasteiger partial charge >= 0.3 is 0 Å². The predicted octanol–water partition coefficient (Wildman–Crippen LogP) is 3.15. The van der Waals surface area contributed by atoms with Crippen molar-refractivity contribution in [3.05, 3.63) is 46.9 Å². The lowest BCUT2D eigenvalue weighted by Gasteiger charge is -2.25. The maximum atomic E-state index is 4.58.